The van der Waals surface area contributed by atoms with Gasteiger partial charge in [0.05, 0.1) is 17.4 Å². The second kappa shape index (κ2) is 4.43. The van der Waals surface area contributed by atoms with Gasteiger partial charge in [0.1, 0.15) is 17.7 Å². The number of rotatable bonds is 3. The summed E-state index contributed by atoms with van der Waals surface area (Å²) in [5.41, 5.74) is 2.16. The molecule has 2 bridgehead atoms. The lowest BCUT2D eigenvalue weighted by atomic mass is 9.74. The summed E-state index contributed by atoms with van der Waals surface area (Å²) in [6.45, 7) is 2.90. The van der Waals surface area contributed by atoms with E-state index >= 15 is 0 Å². The lowest BCUT2D eigenvalue weighted by Crippen LogP contribution is -2.36. The van der Waals surface area contributed by atoms with Gasteiger partial charge in [0.2, 0.25) is 0 Å². The molecule has 0 aliphatic carbocycles. The summed E-state index contributed by atoms with van der Waals surface area (Å²) in [6.07, 6.45) is -0.435. The molecule has 0 saturated carbocycles. The van der Waals surface area contributed by atoms with E-state index in [-0.39, 0.29) is 35.1 Å². The van der Waals surface area contributed by atoms with E-state index in [4.69, 9.17) is 16.3 Å². The fraction of sp³-hybridized carbons (Fsp3) is 0.467. The van der Waals surface area contributed by atoms with Gasteiger partial charge in [0.25, 0.3) is 0 Å². The molecule has 19 heavy (non-hydrogen) atoms. The van der Waals surface area contributed by atoms with Gasteiger partial charge in [-0.05, 0) is 25.0 Å². The summed E-state index contributed by atoms with van der Waals surface area (Å²) in [4.78, 5) is 23.5. The Morgan fingerprint density at radius 3 is 2.16 bits per heavy atom. The first-order valence-corrected chi connectivity index (χ1v) is 6.85. The molecular weight excluding hydrogens is 264 g/mol. The minimum absolute atomic E-state index is 0.128. The van der Waals surface area contributed by atoms with E-state index < -0.39 is 5.92 Å². The van der Waals surface area contributed by atoms with Gasteiger partial charge in [0, 0.05) is 5.92 Å². The van der Waals surface area contributed by atoms with Crippen molar-refractivity contribution < 1.29 is 14.3 Å². The van der Waals surface area contributed by atoms with E-state index in [1.54, 1.807) is 0 Å². The summed E-state index contributed by atoms with van der Waals surface area (Å²) in [5, 5.41) is -0.322. The average Bonchev–Trinajstić information content (AvgIpc) is 2.87. The standard InChI is InChI=1S/C15H15ClO3/c1-7(17)11(8(2)18)12-13(16)15-10-6-4-3-5-9(10)14(12)19-15/h3-6,11-15H,1-2H3. The van der Waals surface area contributed by atoms with Crippen LogP contribution in [0, 0.1) is 11.8 Å². The van der Waals surface area contributed by atoms with Gasteiger partial charge < -0.3 is 4.74 Å². The van der Waals surface area contributed by atoms with Crippen LogP contribution in [0.5, 0.6) is 0 Å². The van der Waals surface area contributed by atoms with E-state index in [1.165, 1.54) is 13.8 Å². The molecule has 0 spiro atoms. The zero-order chi connectivity index (χ0) is 13.7. The third-order valence-electron chi connectivity index (χ3n) is 4.17. The van der Waals surface area contributed by atoms with Crippen LogP contribution in [0.2, 0.25) is 0 Å². The molecule has 3 rings (SSSR count). The predicted molar refractivity (Wildman–Crippen MR) is 71.0 cm³/mol. The molecule has 4 atom stereocenters. The molecule has 1 fully saturated rings. The van der Waals surface area contributed by atoms with Crippen molar-refractivity contribution in [1.82, 2.24) is 0 Å². The Morgan fingerprint density at radius 2 is 1.63 bits per heavy atom. The van der Waals surface area contributed by atoms with Gasteiger partial charge in [-0.3, -0.25) is 9.59 Å². The predicted octanol–water partition coefficient (Wildman–Crippen LogP) is 2.83. The van der Waals surface area contributed by atoms with Crippen LogP contribution < -0.4 is 0 Å². The second-order valence-electron chi connectivity index (χ2n) is 5.33. The lowest BCUT2D eigenvalue weighted by molar-refractivity contribution is -0.133. The van der Waals surface area contributed by atoms with Crippen LogP contribution in [0.15, 0.2) is 24.3 Å². The van der Waals surface area contributed by atoms with Crippen molar-refractivity contribution in [3.63, 3.8) is 0 Å². The van der Waals surface area contributed by atoms with Crippen LogP contribution in [0.25, 0.3) is 0 Å². The maximum atomic E-state index is 11.8. The van der Waals surface area contributed by atoms with Gasteiger partial charge >= 0.3 is 0 Å². The largest absolute Gasteiger partial charge is 0.364 e. The van der Waals surface area contributed by atoms with Crippen molar-refractivity contribution in [3.05, 3.63) is 35.4 Å². The molecule has 2 heterocycles. The van der Waals surface area contributed by atoms with Gasteiger partial charge in [-0.25, -0.2) is 0 Å². The summed E-state index contributed by atoms with van der Waals surface area (Å²) >= 11 is 6.46. The lowest BCUT2D eigenvalue weighted by Gasteiger charge is -2.29. The molecule has 2 aliphatic heterocycles. The Bertz CT molecular complexity index is 540. The molecule has 3 nitrogen and oxygen atoms in total. The molecule has 0 aromatic heterocycles. The molecular formula is C15H15ClO3. The zero-order valence-corrected chi connectivity index (χ0v) is 11.6. The summed E-state index contributed by atoms with van der Waals surface area (Å²) in [5.74, 6) is -1.17. The van der Waals surface area contributed by atoms with E-state index in [0.717, 1.165) is 11.1 Å². The minimum Gasteiger partial charge on any atom is -0.364 e. The Hall–Kier alpha value is -1.19. The monoisotopic (exact) mass is 278 g/mol. The average molecular weight is 279 g/mol. The molecule has 2 aliphatic rings. The number of ketones is 2. The van der Waals surface area contributed by atoms with E-state index in [1.807, 2.05) is 24.3 Å². The highest BCUT2D eigenvalue weighted by molar-refractivity contribution is 6.22. The molecule has 0 N–H and O–H groups in total. The molecule has 4 heteroatoms. The number of halogens is 1. The van der Waals surface area contributed by atoms with Crippen molar-refractivity contribution in [1.29, 1.82) is 0 Å². The zero-order valence-electron chi connectivity index (χ0n) is 10.8. The maximum Gasteiger partial charge on any atom is 0.140 e. The van der Waals surface area contributed by atoms with Gasteiger partial charge in [-0.2, -0.15) is 0 Å². The molecule has 1 aromatic carbocycles. The van der Waals surface area contributed by atoms with Crippen molar-refractivity contribution in [2.24, 2.45) is 11.8 Å². The molecule has 0 radical (unpaired) electrons. The summed E-state index contributed by atoms with van der Waals surface area (Å²) in [7, 11) is 0. The van der Waals surface area contributed by atoms with Crippen LogP contribution in [0.3, 0.4) is 0 Å². The highest BCUT2D eigenvalue weighted by Gasteiger charge is 2.55. The fourth-order valence-electron chi connectivity index (χ4n) is 3.43. The van der Waals surface area contributed by atoms with Crippen LogP contribution >= 0.6 is 11.6 Å². The fourth-order valence-corrected chi connectivity index (χ4v) is 3.91. The number of Topliss-reactive ketones (excluding diaryl/α,β-unsaturated/α-hetero) is 2. The first kappa shape index (κ1) is 12.8. The number of ether oxygens (including phenoxy) is 1. The van der Waals surface area contributed by atoms with Crippen molar-refractivity contribution in [3.8, 4) is 0 Å². The third-order valence-corrected chi connectivity index (χ3v) is 4.69. The van der Waals surface area contributed by atoms with Gasteiger partial charge in [-0.15, -0.1) is 11.6 Å². The number of hydrogen-bond acceptors (Lipinski definition) is 3. The summed E-state index contributed by atoms with van der Waals surface area (Å²) < 4.78 is 5.91. The first-order chi connectivity index (χ1) is 9.02. The number of hydrogen-bond donors (Lipinski definition) is 0. The Kier molecular flexibility index (Phi) is 2.99. The molecule has 100 valence electrons. The second-order valence-corrected chi connectivity index (χ2v) is 5.83. The minimum atomic E-state index is -0.661. The van der Waals surface area contributed by atoms with Gasteiger partial charge in [-0.1, -0.05) is 24.3 Å². The highest BCUT2D eigenvalue weighted by Crippen LogP contribution is 2.58. The molecule has 1 aromatic rings. The van der Waals surface area contributed by atoms with E-state index in [2.05, 4.69) is 0 Å². The molecule has 4 unspecified atom stereocenters. The molecule has 0 amide bonds. The highest BCUT2D eigenvalue weighted by atomic mass is 35.5. The Morgan fingerprint density at radius 1 is 1.11 bits per heavy atom. The number of alkyl halides is 1. The van der Waals surface area contributed by atoms with Crippen LogP contribution in [-0.2, 0) is 14.3 Å². The van der Waals surface area contributed by atoms with Crippen molar-refractivity contribution in [2.75, 3.05) is 0 Å². The topological polar surface area (TPSA) is 43.4 Å². The van der Waals surface area contributed by atoms with E-state index in [9.17, 15) is 9.59 Å². The smallest absolute Gasteiger partial charge is 0.140 e. The normalized spacial score (nSPS) is 31.6. The van der Waals surface area contributed by atoms with Gasteiger partial charge in [0.15, 0.2) is 0 Å². The van der Waals surface area contributed by atoms with E-state index in [0.29, 0.717) is 0 Å². The number of carbonyl (C=O) groups excluding carboxylic acids is 2. The quantitative estimate of drug-likeness (QED) is 0.631. The van der Waals surface area contributed by atoms with Crippen LogP contribution in [-0.4, -0.2) is 16.9 Å². The Labute approximate surface area is 116 Å². The first-order valence-electron chi connectivity index (χ1n) is 6.41. The summed E-state index contributed by atoms with van der Waals surface area (Å²) in [6, 6.07) is 7.89. The molecule has 1 saturated heterocycles. The van der Waals surface area contributed by atoms with Crippen molar-refractivity contribution in [2.45, 2.75) is 31.4 Å². The third kappa shape index (κ3) is 1.76. The number of carbonyl (C=O) groups is 2. The number of fused-ring (bicyclic) bond motifs is 5. The van der Waals surface area contributed by atoms with Crippen molar-refractivity contribution >= 4 is 23.2 Å². The maximum absolute atomic E-state index is 11.8. The number of benzene rings is 1. The Balaban J connectivity index is 2.03. The SMILES string of the molecule is CC(=O)C(C(C)=O)C1C2OC(c3ccccc32)C1Cl. The van der Waals surface area contributed by atoms with Crippen LogP contribution in [0.1, 0.15) is 37.2 Å². The van der Waals surface area contributed by atoms with Crippen LogP contribution in [0.4, 0.5) is 0 Å².